The lowest BCUT2D eigenvalue weighted by Crippen LogP contribution is -2.42. The molecule has 0 aliphatic heterocycles. The average molecular weight is 537 g/mol. The molecule has 1 heterocycles. The third-order valence-corrected chi connectivity index (χ3v) is 7.26. The number of nitrogens with zero attached hydrogens (tertiary/aromatic N) is 1. The highest BCUT2D eigenvalue weighted by Gasteiger charge is 2.38. The number of alkyl halides is 2. The van der Waals surface area contributed by atoms with Gasteiger partial charge in [0.25, 0.3) is 0 Å². The van der Waals surface area contributed by atoms with Gasteiger partial charge in [-0.05, 0) is 73.6 Å². The fraction of sp³-hybridized carbons (Fsp3) is 0.485. The molecule has 1 aliphatic rings. The Bertz CT molecular complexity index is 1110. The van der Waals surface area contributed by atoms with Crippen LogP contribution in [0, 0.1) is 11.3 Å². The van der Waals surface area contributed by atoms with E-state index < -0.39 is 5.92 Å². The maximum absolute atomic E-state index is 14.0. The lowest BCUT2D eigenvalue weighted by Gasteiger charge is -2.36. The van der Waals surface area contributed by atoms with Gasteiger partial charge in [-0.15, -0.1) is 0 Å². The number of halogens is 2. The van der Waals surface area contributed by atoms with E-state index in [-0.39, 0.29) is 36.3 Å². The molecule has 0 radical (unpaired) electrons. The molecule has 6 heteroatoms. The van der Waals surface area contributed by atoms with Gasteiger partial charge < -0.3 is 16.0 Å². The quantitative estimate of drug-likeness (QED) is 0.240. The van der Waals surface area contributed by atoms with E-state index in [2.05, 4.69) is 80.5 Å². The maximum atomic E-state index is 14.0. The van der Waals surface area contributed by atoms with Crippen LogP contribution in [0.25, 0.3) is 0 Å². The monoisotopic (exact) mass is 536 g/mol. The van der Waals surface area contributed by atoms with Crippen molar-refractivity contribution < 1.29 is 8.78 Å². The minimum Gasteiger partial charge on any atom is -0.382 e. The normalized spacial score (nSPS) is 17.1. The Morgan fingerprint density at radius 2 is 1.69 bits per heavy atom. The minimum atomic E-state index is -2.59. The minimum absolute atomic E-state index is 0.0302. The molecule has 212 valence electrons. The van der Waals surface area contributed by atoms with Gasteiger partial charge >= 0.3 is 0 Å². The Hall–Kier alpha value is -3.15. The third-order valence-electron chi connectivity index (χ3n) is 7.26. The standard InChI is InChI=1S/C33H46F2N4/c1-23(13-14-27-11-9-8-10-12-27)38-31(28-15-18-33(34,35)19-16-28)26(4)39-30-21-29(17-20-36-30)25(3)37-24(2)22-32(5,6)7/h8-12,17,20-21,25,28,31,37-38H,1-2,4,13-16,18-19,22H2,3,5-7H3,(H,36,39). The molecule has 1 aromatic heterocycles. The molecule has 2 atom stereocenters. The van der Waals surface area contributed by atoms with Gasteiger partial charge in [-0.1, -0.05) is 70.8 Å². The molecule has 0 amide bonds. The predicted molar refractivity (Wildman–Crippen MR) is 159 cm³/mol. The summed E-state index contributed by atoms with van der Waals surface area (Å²) in [7, 11) is 0. The van der Waals surface area contributed by atoms with Gasteiger partial charge in [-0.25, -0.2) is 13.8 Å². The van der Waals surface area contributed by atoms with Crippen molar-refractivity contribution in [2.75, 3.05) is 5.32 Å². The molecule has 0 saturated heterocycles. The van der Waals surface area contributed by atoms with Gasteiger partial charge in [0.15, 0.2) is 0 Å². The number of hydrogen-bond acceptors (Lipinski definition) is 4. The van der Waals surface area contributed by atoms with Crippen LogP contribution in [0.2, 0.25) is 0 Å². The van der Waals surface area contributed by atoms with Crippen LogP contribution in [0.15, 0.2) is 85.5 Å². The highest BCUT2D eigenvalue weighted by molar-refractivity contribution is 5.45. The number of allylic oxidation sites excluding steroid dienone is 2. The molecule has 1 aliphatic carbocycles. The summed E-state index contributed by atoms with van der Waals surface area (Å²) in [5.74, 6) is -1.88. The molecule has 3 N–H and O–H groups in total. The van der Waals surface area contributed by atoms with E-state index in [0.717, 1.165) is 36.2 Å². The molecule has 2 aromatic rings. The van der Waals surface area contributed by atoms with Crippen LogP contribution in [-0.2, 0) is 6.42 Å². The fourth-order valence-electron chi connectivity index (χ4n) is 5.22. The molecule has 3 rings (SSSR count). The molecule has 1 fully saturated rings. The number of aromatic nitrogens is 1. The summed E-state index contributed by atoms with van der Waals surface area (Å²) in [6, 6.07) is 14.1. The lowest BCUT2D eigenvalue weighted by molar-refractivity contribution is -0.0479. The van der Waals surface area contributed by atoms with Gasteiger partial charge in [0.2, 0.25) is 5.92 Å². The van der Waals surface area contributed by atoms with Crippen LogP contribution in [0.5, 0.6) is 0 Å². The Kier molecular flexibility index (Phi) is 10.3. The molecule has 0 spiro atoms. The molecular weight excluding hydrogens is 490 g/mol. The first-order chi connectivity index (χ1) is 18.3. The summed E-state index contributed by atoms with van der Waals surface area (Å²) in [6.07, 6.45) is 4.93. The second-order valence-electron chi connectivity index (χ2n) is 12.2. The molecule has 4 nitrogen and oxygen atoms in total. The summed E-state index contributed by atoms with van der Waals surface area (Å²) >= 11 is 0. The van der Waals surface area contributed by atoms with Crippen molar-refractivity contribution in [3.63, 3.8) is 0 Å². The Morgan fingerprint density at radius 3 is 2.33 bits per heavy atom. The highest BCUT2D eigenvalue weighted by atomic mass is 19.3. The first kappa shape index (κ1) is 30.4. The van der Waals surface area contributed by atoms with Crippen molar-refractivity contribution in [2.45, 2.75) is 90.6 Å². The van der Waals surface area contributed by atoms with Crippen molar-refractivity contribution in [3.8, 4) is 0 Å². The Balaban J connectivity index is 1.68. The van der Waals surface area contributed by atoms with Gasteiger partial charge in [-0.3, -0.25) is 0 Å². The van der Waals surface area contributed by atoms with Gasteiger partial charge in [0, 0.05) is 42.2 Å². The van der Waals surface area contributed by atoms with Crippen molar-refractivity contribution in [1.82, 2.24) is 15.6 Å². The zero-order valence-corrected chi connectivity index (χ0v) is 24.1. The first-order valence-corrected chi connectivity index (χ1v) is 14.0. The van der Waals surface area contributed by atoms with Gasteiger partial charge in [0.1, 0.15) is 5.82 Å². The van der Waals surface area contributed by atoms with Gasteiger partial charge in [-0.2, -0.15) is 0 Å². The smallest absolute Gasteiger partial charge is 0.248 e. The van der Waals surface area contributed by atoms with Crippen LogP contribution < -0.4 is 16.0 Å². The van der Waals surface area contributed by atoms with Crippen LogP contribution >= 0.6 is 0 Å². The zero-order chi connectivity index (χ0) is 28.6. The SMILES string of the molecule is C=C(CC(C)(C)C)NC(C)c1ccnc(NC(=C)C(NC(=C)CCc2ccccc2)C2CCC(F)(F)CC2)c1. The second-order valence-corrected chi connectivity index (χ2v) is 12.2. The van der Waals surface area contributed by atoms with E-state index >= 15 is 0 Å². The summed E-state index contributed by atoms with van der Waals surface area (Å²) < 4.78 is 27.9. The number of rotatable bonds is 13. The molecule has 2 unspecified atom stereocenters. The number of anilines is 1. The Labute approximate surface area is 234 Å². The number of hydrogen-bond donors (Lipinski definition) is 3. The number of aryl methyl sites for hydroxylation is 1. The van der Waals surface area contributed by atoms with Crippen molar-refractivity contribution >= 4 is 5.82 Å². The van der Waals surface area contributed by atoms with Crippen LogP contribution in [0.1, 0.15) is 83.4 Å². The Morgan fingerprint density at radius 1 is 1.03 bits per heavy atom. The molecular formula is C33H46F2N4. The van der Waals surface area contributed by atoms with Crippen molar-refractivity contribution in [1.29, 1.82) is 0 Å². The lowest BCUT2D eigenvalue weighted by atomic mass is 9.81. The average Bonchev–Trinajstić information content (AvgIpc) is 2.86. The topological polar surface area (TPSA) is 49.0 Å². The van der Waals surface area contributed by atoms with Crippen LogP contribution in [0.4, 0.5) is 14.6 Å². The molecule has 39 heavy (non-hydrogen) atoms. The van der Waals surface area contributed by atoms with E-state index in [1.165, 1.54) is 5.56 Å². The molecule has 1 saturated carbocycles. The largest absolute Gasteiger partial charge is 0.382 e. The molecule has 1 aromatic carbocycles. The summed E-state index contributed by atoms with van der Waals surface area (Å²) in [5, 5.41) is 10.4. The maximum Gasteiger partial charge on any atom is 0.248 e. The van der Waals surface area contributed by atoms with E-state index in [0.29, 0.717) is 24.4 Å². The van der Waals surface area contributed by atoms with Gasteiger partial charge in [0.05, 0.1) is 6.04 Å². The van der Waals surface area contributed by atoms with Crippen LogP contribution in [-0.4, -0.2) is 16.9 Å². The van der Waals surface area contributed by atoms with Crippen molar-refractivity contribution in [2.24, 2.45) is 11.3 Å². The third kappa shape index (κ3) is 10.2. The first-order valence-electron chi connectivity index (χ1n) is 14.0. The summed E-state index contributed by atoms with van der Waals surface area (Å²) in [4.78, 5) is 4.51. The second kappa shape index (κ2) is 13.3. The van der Waals surface area contributed by atoms with E-state index in [4.69, 9.17) is 0 Å². The predicted octanol–water partition coefficient (Wildman–Crippen LogP) is 8.54. The number of nitrogens with one attached hydrogen (secondary N) is 3. The zero-order valence-electron chi connectivity index (χ0n) is 24.1. The molecule has 0 bridgehead atoms. The number of pyridine rings is 1. The van der Waals surface area contributed by atoms with E-state index in [9.17, 15) is 8.78 Å². The fourth-order valence-corrected chi connectivity index (χ4v) is 5.22. The van der Waals surface area contributed by atoms with E-state index in [1.54, 1.807) is 6.20 Å². The summed E-state index contributed by atoms with van der Waals surface area (Å²) in [5.41, 5.74) is 5.06. The van der Waals surface area contributed by atoms with E-state index in [1.807, 2.05) is 30.3 Å². The highest BCUT2D eigenvalue weighted by Crippen LogP contribution is 2.39. The number of benzene rings is 1. The summed E-state index contributed by atoms with van der Waals surface area (Å²) in [6.45, 7) is 21.5. The van der Waals surface area contributed by atoms with Crippen LogP contribution in [0.3, 0.4) is 0 Å². The van der Waals surface area contributed by atoms with Crippen molar-refractivity contribution in [3.05, 3.63) is 96.6 Å².